The Balaban J connectivity index is 1.62. The van der Waals surface area contributed by atoms with Crippen LogP contribution in [-0.2, 0) is 17.8 Å². The molecule has 23 heavy (non-hydrogen) atoms. The average molecular weight is 309 g/mol. The van der Waals surface area contributed by atoms with Crippen LogP contribution in [0, 0.1) is 10.1 Å². The molecule has 1 heterocycles. The van der Waals surface area contributed by atoms with Gasteiger partial charge in [-0.15, -0.1) is 0 Å². The molecular weight excluding hydrogens is 294 g/mol. The highest BCUT2D eigenvalue weighted by Gasteiger charge is 2.26. The van der Waals surface area contributed by atoms with Gasteiger partial charge in [-0.2, -0.15) is 0 Å². The molecule has 0 radical (unpaired) electrons. The topological polar surface area (TPSA) is 76.8 Å². The number of nitrogens with one attached hydrogen (secondary N) is 1. The van der Waals surface area contributed by atoms with E-state index in [1.807, 2.05) is 18.2 Å². The first-order valence-electron chi connectivity index (χ1n) is 7.54. The Morgan fingerprint density at radius 2 is 2.09 bits per heavy atom. The third-order valence-corrected chi connectivity index (χ3v) is 4.32. The number of amidine groups is 1. The molecule has 116 valence electrons. The van der Waals surface area contributed by atoms with Crippen LogP contribution in [-0.4, -0.2) is 10.9 Å². The molecule has 2 aromatic rings. The summed E-state index contributed by atoms with van der Waals surface area (Å²) in [6.07, 6.45) is 1.97. The second-order valence-corrected chi connectivity index (χ2v) is 5.66. The first-order valence-corrected chi connectivity index (χ1v) is 7.54. The van der Waals surface area contributed by atoms with Crippen LogP contribution >= 0.6 is 0 Å². The lowest BCUT2D eigenvalue weighted by Gasteiger charge is -2.21. The summed E-state index contributed by atoms with van der Waals surface area (Å²) in [5.41, 5.74) is 3.88. The quantitative estimate of drug-likeness (QED) is 0.679. The highest BCUT2D eigenvalue weighted by Crippen LogP contribution is 2.35. The zero-order valence-corrected chi connectivity index (χ0v) is 12.4. The summed E-state index contributed by atoms with van der Waals surface area (Å²) < 4.78 is 5.61. The number of nitro benzene ring substituents is 1. The number of benzene rings is 2. The van der Waals surface area contributed by atoms with E-state index in [0.29, 0.717) is 17.3 Å². The van der Waals surface area contributed by atoms with E-state index in [4.69, 9.17) is 4.74 Å². The molecule has 2 aromatic carbocycles. The fourth-order valence-corrected chi connectivity index (χ4v) is 3.19. The summed E-state index contributed by atoms with van der Waals surface area (Å²) in [5, 5.41) is 14.1. The lowest BCUT2D eigenvalue weighted by molar-refractivity contribution is -0.385. The van der Waals surface area contributed by atoms with Gasteiger partial charge in [0.15, 0.2) is 0 Å². The summed E-state index contributed by atoms with van der Waals surface area (Å²) in [6, 6.07) is 13.8. The van der Waals surface area contributed by atoms with Gasteiger partial charge in [-0.25, -0.2) is 4.99 Å². The highest BCUT2D eigenvalue weighted by atomic mass is 16.6. The zero-order valence-electron chi connectivity index (χ0n) is 12.4. The van der Waals surface area contributed by atoms with Gasteiger partial charge in [0.05, 0.1) is 22.2 Å². The molecule has 1 atom stereocenters. The van der Waals surface area contributed by atoms with Crippen molar-refractivity contribution in [1.29, 1.82) is 0 Å². The number of aryl methyl sites for hydroxylation is 1. The number of rotatable bonds is 2. The number of ether oxygens (including phenoxy) is 1. The number of nitrogens with zero attached hydrogens (tertiary/aromatic N) is 2. The Morgan fingerprint density at radius 1 is 1.22 bits per heavy atom. The minimum absolute atomic E-state index is 0.0697. The monoisotopic (exact) mass is 309 g/mol. The second kappa shape index (κ2) is 5.39. The Kier molecular flexibility index (Phi) is 3.22. The van der Waals surface area contributed by atoms with Crippen molar-refractivity contribution in [3.8, 4) is 0 Å². The molecule has 4 rings (SSSR count). The van der Waals surface area contributed by atoms with Crippen molar-refractivity contribution in [3.05, 3.63) is 69.3 Å². The molecule has 6 heteroatoms. The van der Waals surface area contributed by atoms with Crippen molar-refractivity contribution in [2.24, 2.45) is 4.99 Å². The number of fused-ring (bicyclic) bond motifs is 2. The summed E-state index contributed by atoms with van der Waals surface area (Å²) in [6.45, 7) is 0.159. The number of hydrogen-bond donors (Lipinski definition) is 1. The Bertz CT molecular complexity index is 816. The molecule has 0 spiro atoms. The summed E-state index contributed by atoms with van der Waals surface area (Å²) >= 11 is 0. The smallest absolute Gasteiger partial charge is 0.290 e. The summed E-state index contributed by atoms with van der Waals surface area (Å²) in [7, 11) is 0. The molecule has 6 nitrogen and oxygen atoms in total. The minimum atomic E-state index is -0.390. The number of nitro groups is 1. The molecule has 0 saturated carbocycles. The van der Waals surface area contributed by atoms with Gasteiger partial charge >= 0.3 is 0 Å². The van der Waals surface area contributed by atoms with Crippen LogP contribution in [0.15, 0.2) is 47.5 Å². The number of hydrogen-bond acceptors (Lipinski definition) is 4. The van der Waals surface area contributed by atoms with E-state index in [-0.39, 0.29) is 23.3 Å². The van der Waals surface area contributed by atoms with Crippen LogP contribution < -0.4 is 5.32 Å². The molecular formula is C17H15N3O3. The van der Waals surface area contributed by atoms with Gasteiger partial charge in [-0.3, -0.25) is 10.1 Å². The maximum Gasteiger partial charge on any atom is 0.290 e. The molecule has 2 aliphatic rings. The molecule has 0 aromatic heterocycles. The standard InChI is InChI=1S/C17H15N3O3/c21-20(22)16-7-3-6-14-13(16)10-23-17(18-14)19-15-9-8-11-4-1-2-5-12(11)15/h1-7,15H,8-10H2,(H,18,19)/t15-/m1/s1. The van der Waals surface area contributed by atoms with E-state index < -0.39 is 0 Å². The molecule has 1 aliphatic carbocycles. The van der Waals surface area contributed by atoms with Crippen molar-refractivity contribution in [3.63, 3.8) is 0 Å². The van der Waals surface area contributed by atoms with E-state index in [9.17, 15) is 10.1 Å². The van der Waals surface area contributed by atoms with E-state index in [1.165, 1.54) is 17.2 Å². The van der Waals surface area contributed by atoms with Gasteiger partial charge in [0.25, 0.3) is 11.7 Å². The van der Waals surface area contributed by atoms with Crippen LogP contribution in [0.1, 0.15) is 29.2 Å². The van der Waals surface area contributed by atoms with Crippen molar-refractivity contribution < 1.29 is 9.66 Å². The lowest BCUT2D eigenvalue weighted by atomic mass is 10.1. The third-order valence-electron chi connectivity index (χ3n) is 4.32. The largest absolute Gasteiger partial charge is 0.460 e. The lowest BCUT2D eigenvalue weighted by Crippen LogP contribution is -2.23. The second-order valence-electron chi connectivity index (χ2n) is 5.66. The predicted molar refractivity (Wildman–Crippen MR) is 86.4 cm³/mol. The van der Waals surface area contributed by atoms with Crippen molar-refractivity contribution in [2.45, 2.75) is 25.5 Å². The van der Waals surface area contributed by atoms with Gasteiger partial charge in [0, 0.05) is 6.07 Å². The van der Waals surface area contributed by atoms with Crippen LogP contribution in [0.3, 0.4) is 0 Å². The van der Waals surface area contributed by atoms with Crippen molar-refractivity contribution >= 4 is 17.4 Å². The van der Waals surface area contributed by atoms with Crippen molar-refractivity contribution in [2.75, 3.05) is 5.32 Å². The van der Waals surface area contributed by atoms with Crippen molar-refractivity contribution in [1.82, 2.24) is 0 Å². The Labute approximate surface area is 133 Å². The van der Waals surface area contributed by atoms with Crippen LogP contribution in [0.4, 0.5) is 11.4 Å². The molecule has 0 fully saturated rings. The maximum atomic E-state index is 11.1. The fraction of sp³-hybridized carbons (Fsp3) is 0.235. The molecule has 1 N–H and O–H groups in total. The van der Waals surface area contributed by atoms with Gasteiger partial charge < -0.3 is 10.1 Å². The molecule has 0 saturated heterocycles. The zero-order chi connectivity index (χ0) is 15.8. The maximum absolute atomic E-state index is 11.1. The van der Waals surface area contributed by atoms with Gasteiger partial charge in [-0.1, -0.05) is 30.3 Å². The summed E-state index contributed by atoms with van der Waals surface area (Å²) in [4.78, 5) is 15.3. The molecule has 0 amide bonds. The Hall–Kier alpha value is -2.89. The third kappa shape index (κ3) is 2.42. The molecule has 0 unspecified atom stereocenters. The average Bonchev–Trinajstić information content (AvgIpc) is 2.97. The first-order chi connectivity index (χ1) is 11.2. The Morgan fingerprint density at radius 3 is 2.96 bits per heavy atom. The molecule has 0 bridgehead atoms. The van der Waals surface area contributed by atoms with E-state index in [1.54, 1.807) is 6.07 Å². The molecule has 1 aliphatic heterocycles. The van der Waals surface area contributed by atoms with Gasteiger partial charge in [0.2, 0.25) is 0 Å². The van der Waals surface area contributed by atoms with E-state index >= 15 is 0 Å². The first kappa shape index (κ1) is 13.8. The van der Waals surface area contributed by atoms with Crippen LogP contribution in [0.5, 0.6) is 0 Å². The van der Waals surface area contributed by atoms with Gasteiger partial charge in [-0.05, 0) is 30.0 Å². The number of aliphatic imine (C=N–C) groups is 1. The van der Waals surface area contributed by atoms with E-state index in [2.05, 4.69) is 22.4 Å². The predicted octanol–water partition coefficient (Wildman–Crippen LogP) is 3.58. The minimum Gasteiger partial charge on any atom is -0.460 e. The van der Waals surface area contributed by atoms with Gasteiger partial charge in [0.1, 0.15) is 6.61 Å². The van der Waals surface area contributed by atoms with Crippen LogP contribution in [0.25, 0.3) is 0 Å². The van der Waals surface area contributed by atoms with E-state index in [0.717, 1.165) is 12.8 Å². The van der Waals surface area contributed by atoms with Crippen LogP contribution in [0.2, 0.25) is 0 Å². The summed E-state index contributed by atoms with van der Waals surface area (Å²) in [5.74, 6) is 0. The SMILES string of the molecule is O=[N+]([O-])c1cccc2c1COC(=N[C@@H]1CCc3ccccc31)N2. The number of anilines is 1. The highest BCUT2D eigenvalue weighted by molar-refractivity contribution is 5.92. The normalized spacial score (nSPS) is 20.3. The fourth-order valence-electron chi connectivity index (χ4n) is 3.19.